The number of benzene rings is 2. The van der Waals surface area contributed by atoms with Gasteiger partial charge in [0, 0.05) is 24.6 Å². The van der Waals surface area contributed by atoms with Gasteiger partial charge in [-0.25, -0.2) is 9.59 Å². The highest BCUT2D eigenvalue weighted by Gasteiger charge is 2.28. The fraction of sp³-hybridized carbons (Fsp3) is 0.174. The van der Waals surface area contributed by atoms with Crippen LogP contribution in [0.25, 0.3) is 22.0 Å². The van der Waals surface area contributed by atoms with E-state index < -0.39 is 11.9 Å². The Morgan fingerprint density at radius 3 is 2.41 bits per heavy atom. The van der Waals surface area contributed by atoms with Crippen LogP contribution in [0.1, 0.15) is 5.56 Å². The number of fused-ring (bicyclic) bond motifs is 5. The van der Waals surface area contributed by atoms with Gasteiger partial charge in [0.05, 0.1) is 18.1 Å². The van der Waals surface area contributed by atoms with Crippen molar-refractivity contribution in [3.05, 3.63) is 54.2 Å². The Bertz CT molecular complexity index is 1250. The first-order chi connectivity index (χ1) is 15.4. The second kappa shape index (κ2) is 8.46. The molecule has 9 heteroatoms. The van der Waals surface area contributed by atoms with Crippen LogP contribution in [0.3, 0.4) is 0 Å². The molecule has 2 aromatic carbocycles. The highest BCUT2D eigenvalue weighted by atomic mass is 16.7. The smallest absolute Gasteiger partial charge is 0.328 e. The van der Waals surface area contributed by atoms with Crippen LogP contribution >= 0.6 is 0 Å². The van der Waals surface area contributed by atoms with Gasteiger partial charge in [0.1, 0.15) is 0 Å². The molecule has 0 radical (unpaired) electrons. The molecule has 2 aliphatic heterocycles. The van der Waals surface area contributed by atoms with Gasteiger partial charge >= 0.3 is 11.9 Å². The zero-order chi connectivity index (χ0) is 22.8. The van der Waals surface area contributed by atoms with Gasteiger partial charge in [-0.05, 0) is 35.2 Å². The fourth-order valence-corrected chi connectivity index (χ4v) is 3.72. The number of aromatic hydroxyl groups is 1. The average molecular weight is 438 g/mol. The van der Waals surface area contributed by atoms with E-state index >= 15 is 0 Å². The van der Waals surface area contributed by atoms with Crippen molar-refractivity contribution in [2.75, 3.05) is 13.9 Å². The number of phenols is 1. The highest BCUT2D eigenvalue weighted by Crippen LogP contribution is 2.41. The van der Waals surface area contributed by atoms with Crippen molar-refractivity contribution < 1.29 is 43.7 Å². The summed E-state index contributed by atoms with van der Waals surface area (Å²) in [5, 5.41) is 27.8. The molecule has 2 aliphatic rings. The Morgan fingerprint density at radius 1 is 1.06 bits per heavy atom. The molecule has 0 fully saturated rings. The van der Waals surface area contributed by atoms with Gasteiger partial charge in [-0.1, -0.05) is 0 Å². The van der Waals surface area contributed by atoms with Crippen LogP contribution in [-0.2, 0) is 22.6 Å². The average Bonchev–Trinajstić information content (AvgIpc) is 3.23. The summed E-state index contributed by atoms with van der Waals surface area (Å²) >= 11 is 0. The number of ether oxygens (including phenoxy) is 3. The molecule has 0 spiro atoms. The minimum absolute atomic E-state index is 0.182. The summed E-state index contributed by atoms with van der Waals surface area (Å²) in [4.78, 5) is 19.1. The van der Waals surface area contributed by atoms with Crippen molar-refractivity contribution >= 4 is 22.7 Å². The van der Waals surface area contributed by atoms with E-state index in [2.05, 4.69) is 22.8 Å². The Kier molecular flexibility index (Phi) is 5.55. The van der Waals surface area contributed by atoms with Crippen LogP contribution in [0.15, 0.2) is 48.7 Å². The molecule has 0 saturated carbocycles. The monoisotopic (exact) mass is 438 g/mol. The number of carboxylic acids is 2. The first-order valence-corrected chi connectivity index (χ1v) is 9.67. The summed E-state index contributed by atoms with van der Waals surface area (Å²) in [5.41, 5.74) is 3.53. The number of methoxy groups -OCH3 is 1. The Morgan fingerprint density at radius 2 is 1.75 bits per heavy atom. The molecule has 3 heterocycles. The summed E-state index contributed by atoms with van der Waals surface area (Å²) in [6.45, 7) is 1.14. The third kappa shape index (κ3) is 4.00. The number of nitrogens with zero attached hydrogens (tertiary/aromatic N) is 1. The van der Waals surface area contributed by atoms with Gasteiger partial charge in [0.15, 0.2) is 35.7 Å². The summed E-state index contributed by atoms with van der Waals surface area (Å²) in [5.74, 6) is -0.227. The van der Waals surface area contributed by atoms with E-state index in [1.54, 1.807) is 13.2 Å². The molecule has 0 amide bonds. The topological polar surface area (TPSA) is 126 Å². The fourth-order valence-electron chi connectivity index (χ4n) is 3.72. The Hall–Kier alpha value is -4.27. The van der Waals surface area contributed by atoms with E-state index in [0.29, 0.717) is 17.9 Å². The summed E-state index contributed by atoms with van der Waals surface area (Å²) < 4.78 is 18.4. The zero-order valence-corrected chi connectivity index (χ0v) is 17.1. The quantitative estimate of drug-likeness (QED) is 0.421. The molecule has 0 atom stereocenters. The van der Waals surface area contributed by atoms with Crippen LogP contribution in [0.2, 0.25) is 0 Å². The van der Waals surface area contributed by atoms with Crippen molar-refractivity contribution in [1.82, 2.24) is 0 Å². The second-order valence-electron chi connectivity index (χ2n) is 7.09. The molecule has 3 N–H and O–H groups in total. The zero-order valence-electron chi connectivity index (χ0n) is 17.1. The van der Waals surface area contributed by atoms with Crippen LogP contribution in [0.4, 0.5) is 0 Å². The van der Waals surface area contributed by atoms with Crippen molar-refractivity contribution in [2.45, 2.75) is 13.0 Å². The predicted octanol–water partition coefficient (Wildman–Crippen LogP) is 2.51. The molecule has 0 bridgehead atoms. The molecule has 0 unspecified atom stereocenters. The molecule has 9 nitrogen and oxygen atoms in total. The number of aromatic nitrogens is 1. The maximum Gasteiger partial charge on any atom is 0.328 e. The number of phenolic OH excluding ortho intramolecular Hbond substituents is 1. The number of hydrogen-bond acceptors (Lipinski definition) is 6. The number of pyridine rings is 1. The highest BCUT2D eigenvalue weighted by molar-refractivity contribution is 5.91. The number of carbonyl (C=O) groups is 2. The second-order valence-corrected chi connectivity index (χ2v) is 7.09. The molecule has 3 aromatic rings. The lowest BCUT2D eigenvalue weighted by Gasteiger charge is -2.16. The molecule has 1 aromatic heterocycles. The molecule has 32 heavy (non-hydrogen) atoms. The van der Waals surface area contributed by atoms with E-state index in [1.165, 1.54) is 5.56 Å². The van der Waals surface area contributed by atoms with E-state index in [1.807, 2.05) is 12.3 Å². The van der Waals surface area contributed by atoms with Crippen molar-refractivity contribution in [3.63, 3.8) is 0 Å². The molecule has 0 saturated heterocycles. The van der Waals surface area contributed by atoms with Crippen molar-refractivity contribution in [3.8, 4) is 34.3 Å². The number of rotatable bonds is 3. The summed E-state index contributed by atoms with van der Waals surface area (Å²) in [7, 11) is 1.56. The first-order valence-electron chi connectivity index (χ1n) is 9.67. The van der Waals surface area contributed by atoms with Crippen molar-refractivity contribution in [2.24, 2.45) is 0 Å². The van der Waals surface area contributed by atoms with E-state index in [0.717, 1.165) is 46.5 Å². The molecule has 0 aliphatic carbocycles. The standard InChI is InChI=1S/C19H15NO4.C4H4O4/c1-22-16-3-2-11-6-15-13-8-18-17(23-10-24-18)7-12(13)4-5-20(15)9-14(11)19(16)21;5-3(6)1-2-4(7)8/h2-3,6-9H,4-5,10H2,1H3;1-2H,(H,5,6)(H,7,8)/p+1/b;2-1+. The third-order valence-electron chi connectivity index (χ3n) is 5.19. The normalized spacial score (nSPS) is 13.2. The molecule has 5 rings (SSSR count). The number of hydrogen-bond donors (Lipinski definition) is 3. The summed E-state index contributed by atoms with van der Waals surface area (Å²) in [6, 6.07) is 10.00. The predicted molar refractivity (Wildman–Crippen MR) is 112 cm³/mol. The van der Waals surface area contributed by atoms with Crippen LogP contribution in [0.5, 0.6) is 23.0 Å². The first kappa shape index (κ1) is 21.0. The van der Waals surface area contributed by atoms with E-state index in [9.17, 15) is 14.7 Å². The van der Waals surface area contributed by atoms with E-state index in [-0.39, 0.29) is 12.5 Å². The summed E-state index contributed by atoms with van der Waals surface area (Å²) in [6.07, 6.45) is 4.03. The number of carboxylic acid groups (broad SMARTS) is 2. The third-order valence-corrected chi connectivity index (χ3v) is 5.19. The minimum atomic E-state index is -1.26. The Balaban J connectivity index is 0.000000265. The SMILES string of the molecule is COc1ccc2cc3[n+](cc2c1O)CCc1cc2c(cc1-3)OCO2.O=C(O)/C=C/C(=O)O. The number of aryl methyl sites for hydroxylation is 2. The lowest BCUT2D eigenvalue weighted by molar-refractivity contribution is -0.686. The maximum absolute atomic E-state index is 10.4. The van der Waals surface area contributed by atoms with Crippen LogP contribution < -0.4 is 18.8 Å². The van der Waals surface area contributed by atoms with Gasteiger partial charge in [-0.3, -0.25) is 0 Å². The lowest BCUT2D eigenvalue weighted by atomic mass is 9.95. The van der Waals surface area contributed by atoms with Gasteiger partial charge in [0.25, 0.3) is 0 Å². The van der Waals surface area contributed by atoms with Gasteiger partial charge in [-0.2, -0.15) is 4.57 Å². The lowest BCUT2D eigenvalue weighted by Crippen LogP contribution is -2.39. The minimum Gasteiger partial charge on any atom is -0.504 e. The van der Waals surface area contributed by atoms with Crippen LogP contribution in [-0.4, -0.2) is 41.2 Å². The molecule has 164 valence electrons. The largest absolute Gasteiger partial charge is 0.504 e. The van der Waals surface area contributed by atoms with Crippen molar-refractivity contribution in [1.29, 1.82) is 0 Å². The Labute approximate surface area is 182 Å². The van der Waals surface area contributed by atoms with E-state index in [4.69, 9.17) is 24.4 Å². The van der Waals surface area contributed by atoms with Crippen LogP contribution in [0, 0.1) is 0 Å². The van der Waals surface area contributed by atoms with Gasteiger partial charge in [0.2, 0.25) is 12.5 Å². The molecular formula is C23H20NO8+. The number of aliphatic carboxylic acids is 2. The van der Waals surface area contributed by atoms with Gasteiger partial charge in [-0.15, -0.1) is 0 Å². The van der Waals surface area contributed by atoms with Gasteiger partial charge < -0.3 is 29.5 Å². The maximum atomic E-state index is 10.4. The molecular weight excluding hydrogens is 418 g/mol.